The molecule has 1 fully saturated rings. The molecule has 0 aliphatic carbocycles. The second-order valence-corrected chi connectivity index (χ2v) is 4.71. The number of hydrogen-bond acceptors (Lipinski definition) is 2. The molecule has 0 aromatic heterocycles. The van der Waals surface area contributed by atoms with Crippen LogP contribution in [0.1, 0.15) is 19.4 Å². The number of carbonyl (C=O) groups is 1. The van der Waals surface area contributed by atoms with Gasteiger partial charge in [-0.25, -0.2) is 4.39 Å². The second-order valence-electron chi connectivity index (χ2n) is 4.71. The van der Waals surface area contributed by atoms with Gasteiger partial charge in [0.1, 0.15) is 5.82 Å². The van der Waals surface area contributed by atoms with Crippen LogP contribution in [0.3, 0.4) is 0 Å². The molecule has 18 heavy (non-hydrogen) atoms. The summed E-state index contributed by atoms with van der Waals surface area (Å²) in [4.78, 5) is 14.0. The number of ether oxygens (including phenoxy) is 1. The molecular formula is C14H18FNO2. The molecule has 0 bridgehead atoms. The van der Waals surface area contributed by atoms with E-state index in [0.29, 0.717) is 19.6 Å². The summed E-state index contributed by atoms with van der Waals surface area (Å²) in [5, 5.41) is 0. The van der Waals surface area contributed by atoms with Gasteiger partial charge in [0.2, 0.25) is 5.91 Å². The first-order valence-electron chi connectivity index (χ1n) is 6.23. The van der Waals surface area contributed by atoms with Gasteiger partial charge in [-0.3, -0.25) is 4.79 Å². The molecular weight excluding hydrogens is 233 g/mol. The van der Waals surface area contributed by atoms with Crippen molar-refractivity contribution in [2.45, 2.75) is 32.4 Å². The van der Waals surface area contributed by atoms with Crippen LogP contribution in [0.4, 0.5) is 4.39 Å². The van der Waals surface area contributed by atoms with E-state index in [1.807, 2.05) is 18.7 Å². The molecule has 1 amide bonds. The average Bonchev–Trinajstić information content (AvgIpc) is 2.35. The van der Waals surface area contributed by atoms with Crippen molar-refractivity contribution in [2.24, 2.45) is 0 Å². The fourth-order valence-electron chi connectivity index (χ4n) is 2.16. The lowest BCUT2D eigenvalue weighted by Gasteiger charge is -2.38. The van der Waals surface area contributed by atoms with Crippen molar-refractivity contribution in [3.63, 3.8) is 0 Å². The van der Waals surface area contributed by atoms with Gasteiger partial charge in [-0.1, -0.05) is 12.1 Å². The minimum Gasteiger partial charge on any atom is -0.375 e. The quantitative estimate of drug-likeness (QED) is 0.804. The summed E-state index contributed by atoms with van der Waals surface area (Å²) in [6.45, 7) is 5.18. The number of halogens is 1. The smallest absolute Gasteiger partial charge is 0.227 e. The van der Waals surface area contributed by atoms with Gasteiger partial charge < -0.3 is 9.64 Å². The molecule has 3 nitrogen and oxygen atoms in total. The van der Waals surface area contributed by atoms with Crippen LogP contribution in [0.25, 0.3) is 0 Å². The van der Waals surface area contributed by atoms with E-state index in [4.69, 9.17) is 4.74 Å². The number of carbonyl (C=O) groups excluding carboxylic acids is 1. The summed E-state index contributed by atoms with van der Waals surface area (Å²) in [5.41, 5.74) is 0.841. The van der Waals surface area contributed by atoms with Gasteiger partial charge in [0.05, 0.1) is 25.2 Å². The average molecular weight is 251 g/mol. The number of morpholine rings is 1. The first-order chi connectivity index (χ1) is 8.58. The zero-order valence-electron chi connectivity index (χ0n) is 10.7. The van der Waals surface area contributed by atoms with Gasteiger partial charge in [0.15, 0.2) is 0 Å². The Kier molecular flexibility index (Phi) is 3.97. The van der Waals surface area contributed by atoms with E-state index >= 15 is 0 Å². The molecule has 2 rings (SSSR count). The molecule has 4 heteroatoms. The van der Waals surface area contributed by atoms with Gasteiger partial charge in [-0.15, -0.1) is 0 Å². The van der Waals surface area contributed by atoms with Gasteiger partial charge in [-0.05, 0) is 31.5 Å². The van der Waals surface area contributed by atoms with E-state index in [1.54, 1.807) is 12.1 Å². The molecule has 0 spiro atoms. The number of amides is 1. The van der Waals surface area contributed by atoms with Gasteiger partial charge >= 0.3 is 0 Å². The van der Waals surface area contributed by atoms with Crippen LogP contribution in [0, 0.1) is 5.82 Å². The molecule has 0 N–H and O–H groups in total. The van der Waals surface area contributed by atoms with Crippen molar-refractivity contribution in [3.8, 4) is 0 Å². The zero-order chi connectivity index (χ0) is 13.1. The summed E-state index contributed by atoms with van der Waals surface area (Å²) in [6, 6.07) is 6.16. The minimum absolute atomic E-state index is 0.0657. The summed E-state index contributed by atoms with van der Waals surface area (Å²) in [5.74, 6) is -0.205. The monoisotopic (exact) mass is 251 g/mol. The molecule has 98 valence electrons. The first kappa shape index (κ1) is 13.0. The standard InChI is InChI=1S/C14H18FNO2/c1-10-11(2)18-8-7-16(10)14(17)9-12-3-5-13(15)6-4-12/h3-6,10-11H,7-9H2,1-2H3. The fourth-order valence-corrected chi connectivity index (χ4v) is 2.16. The second kappa shape index (κ2) is 5.48. The Morgan fingerprint density at radius 1 is 1.39 bits per heavy atom. The van der Waals surface area contributed by atoms with Crippen molar-refractivity contribution < 1.29 is 13.9 Å². The summed E-state index contributed by atoms with van der Waals surface area (Å²) < 4.78 is 18.3. The summed E-state index contributed by atoms with van der Waals surface area (Å²) in [7, 11) is 0. The highest BCUT2D eigenvalue weighted by molar-refractivity contribution is 5.79. The Balaban J connectivity index is 2.01. The number of benzene rings is 1. The highest BCUT2D eigenvalue weighted by Crippen LogP contribution is 2.15. The van der Waals surface area contributed by atoms with Crippen molar-refractivity contribution in [1.29, 1.82) is 0 Å². The molecule has 2 atom stereocenters. The molecule has 2 unspecified atom stereocenters. The van der Waals surface area contributed by atoms with Crippen molar-refractivity contribution in [3.05, 3.63) is 35.6 Å². The molecule has 1 aromatic carbocycles. The Labute approximate surface area is 107 Å². The molecule has 1 aliphatic rings. The van der Waals surface area contributed by atoms with E-state index in [1.165, 1.54) is 12.1 Å². The third-order valence-electron chi connectivity index (χ3n) is 3.47. The van der Waals surface area contributed by atoms with E-state index in [-0.39, 0.29) is 23.9 Å². The van der Waals surface area contributed by atoms with E-state index in [2.05, 4.69) is 0 Å². The van der Waals surface area contributed by atoms with Gasteiger partial charge in [0.25, 0.3) is 0 Å². The van der Waals surface area contributed by atoms with E-state index in [0.717, 1.165) is 5.56 Å². The maximum atomic E-state index is 12.8. The minimum atomic E-state index is -0.278. The topological polar surface area (TPSA) is 29.5 Å². The number of rotatable bonds is 2. The van der Waals surface area contributed by atoms with Crippen LogP contribution < -0.4 is 0 Å². The Morgan fingerprint density at radius 3 is 2.72 bits per heavy atom. The molecule has 1 aliphatic heterocycles. The van der Waals surface area contributed by atoms with Gasteiger partial charge in [0, 0.05) is 6.54 Å². The molecule has 1 heterocycles. The fraction of sp³-hybridized carbons (Fsp3) is 0.500. The maximum Gasteiger partial charge on any atom is 0.227 e. The Bertz CT molecular complexity index is 418. The lowest BCUT2D eigenvalue weighted by Crippen LogP contribution is -2.51. The number of nitrogens with zero attached hydrogens (tertiary/aromatic N) is 1. The maximum absolute atomic E-state index is 12.8. The van der Waals surface area contributed by atoms with Crippen LogP contribution in [-0.2, 0) is 16.0 Å². The van der Waals surface area contributed by atoms with Crippen LogP contribution in [0.5, 0.6) is 0 Å². The normalized spacial score (nSPS) is 24.1. The van der Waals surface area contributed by atoms with Crippen LogP contribution in [0.15, 0.2) is 24.3 Å². The zero-order valence-corrected chi connectivity index (χ0v) is 10.7. The number of hydrogen-bond donors (Lipinski definition) is 0. The lowest BCUT2D eigenvalue weighted by atomic mass is 10.1. The Morgan fingerprint density at radius 2 is 2.06 bits per heavy atom. The predicted molar refractivity (Wildman–Crippen MR) is 66.7 cm³/mol. The predicted octanol–water partition coefficient (Wildman–Crippen LogP) is 2.00. The lowest BCUT2D eigenvalue weighted by molar-refractivity contribution is -0.143. The SMILES string of the molecule is CC1OCCN(C(=O)Cc2ccc(F)cc2)C1C. The molecule has 1 saturated heterocycles. The van der Waals surface area contributed by atoms with E-state index < -0.39 is 0 Å². The van der Waals surface area contributed by atoms with Crippen molar-refractivity contribution in [1.82, 2.24) is 4.90 Å². The molecule has 1 aromatic rings. The van der Waals surface area contributed by atoms with Crippen LogP contribution in [0.2, 0.25) is 0 Å². The molecule has 0 radical (unpaired) electrons. The highest BCUT2D eigenvalue weighted by atomic mass is 19.1. The highest BCUT2D eigenvalue weighted by Gasteiger charge is 2.28. The van der Waals surface area contributed by atoms with Gasteiger partial charge in [-0.2, -0.15) is 0 Å². The molecule has 0 saturated carbocycles. The summed E-state index contributed by atoms with van der Waals surface area (Å²) in [6.07, 6.45) is 0.382. The largest absolute Gasteiger partial charge is 0.375 e. The summed E-state index contributed by atoms with van der Waals surface area (Å²) >= 11 is 0. The van der Waals surface area contributed by atoms with Crippen molar-refractivity contribution in [2.75, 3.05) is 13.2 Å². The first-order valence-corrected chi connectivity index (χ1v) is 6.23. The van der Waals surface area contributed by atoms with Crippen LogP contribution in [-0.4, -0.2) is 36.1 Å². The van der Waals surface area contributed by atoms with Crippen molar-refractivity contribution >= 4 is 5.91 Å². The van der Waals surface area contributed by atoms with E-state index in [9.17, 15) is 9.18 Å². The van der Waals surface area contributed by atoms with Crippen LogP contribution >= 0.6 is 0 Å². The third kappa shape index (κ3) is 2.88. The Hall–Kier alpha value is -1.42. The third-order valence-corrected chi connectivity index (χ3v) is 3.47.